The Kier molecular flexibility index (Phi) is 5.74. The van der Waals surface area contributed by atoms with Gasteiger partial charge in [-0.05, 0) is 6.08 Å². The lowest BCUT2D eigenvalue weighted by molar-refractivity contribution is -0.229. The van der Waals surface area contributed by atoms with E-state index in [4.69, 9.17) is 9.47 Å². The SMILES string of the molecule is C=CC(=O)NC(CCC=O)(OC)OC. The molecule has 0 rings (SSSR count). The van der Waals surface area contributed by atoms with Crippen molar-refractivity contribution in [2.75, 3.05) is 14.2 Å². The van der Waals surface area contributed by atoms with Gasteiger partial charge < -0.3 is 19.6 Å². The normalized spacial score (nSPS) is 10.7. The van der Waals surface area contributed by atoms with E-state index in [1.807, 2.05) is 0 Å². The Morgan fingerprint density at radius 2 is 2.07 bits per heavy atom. The number of carbonyl (C=O) groups excluding carboxylic acids is 2. The molecule has 0 radical (unpaired) electrons. The zero-order chi connectivity index (χ0) is 11.0. The van der Waals surface area contributed by atoms with Crippen LogP contribution in [0.25, 0.3) is 0 Å². The van der Waals surface area contributed by atoms with Crippen molar-refractivity contribution in [3.05, 3.63) is 12.7 Å². The molecular formula is C9H15NO4. The van der Waals surface area contributed by atoms with Gasteiger partial charge in [-0.1, -0.05) is 6.58 Å². The van der Waals surface area contributed by atoms with Gasteiger partial charge in [0.25, 0.3) is 5.91 Å². The van der Waals surface area contributed by atoms with Gasteiger partial charge in [0.15, 0.2) is 0 Å². The third-order valence-corrected chi connectivity index (χ3v) is 1.75. The predicted molar refractivity (Wildman–Crippen MR) is 50.4 cm³/mol. The van der Waals surface area contributed by atoms with Crippen LogP contribution in [-0.2, 0) is 19.1 Å². The topological polar surface area (TPSA) is 64.6 Å². The molecule has 0 aliphatic carbocycles. The molecule has 0 spiro atoms. The molecule has 1 amide bonds. The van der Waals surface area contributed by atoms with E-state index in [9.17, 15) is 9.59 Å². The summed E-state index contributed by atoms with van der Waals surface area (Å²) in [6.07, 6.45) is 2.32. The van der Waals surface area contributed by atoms with Gasteiger partial charge in [0.05, 0.1) is 0 Å². The van der Waals surface area contributed by atoms with Gasteiger partial charge in [-0.25, -0.2) is 0 Å². The smallest absolute Gasteiger partial charge is 0.251 e. The van der Waals surface area contributed by atoms with E-state index in [-0.39, 0.29) is 12.8 Å². The Balaban J connectivity index is 4.42. The average molecular weight is 201 g/mol. The Hall–Kier alpha value is -1.20. The lowest BCUT2D eigenvalue weighted by Gasteiger charge is -2.30. The van der Waals surface area contributed by atoms with Crippen LogP contribution in [0.4, 0.5) is 0 Å². The third kappa shape index (κ3) is 3.68. The molecule has 14 heavy (non-hydrogen) atoms. The van der Waals surface area contributed by atoms with Crippen LogP contribution in [0.1, 0.15) is 12.8 Å². The van der Waals surface area contributed by atoms with E-state index in [1.54, 1.807) is 0 Å². The van der Waals surface area contributed by atoms with Crippen LogP contribution in [0.3, 0.4) is 0 Å². The molecule has 0 unspecified atom stereocenters. The summed E-state index contributed by atoms with van der Waals surface area (Å²) in [7, 11) is 2.77. The number of amides is 1. The Morgan fingerprint density at radius 3 is 2.43 bits per heavy atom. The maximum atomic E-state index is 11.0. The Morgan fingerprint density at radius 1 is 1.50 bits per heavy atom. The van der Waals surface area contributed by atoms with Crippen molar-refractivity contribution >= 4 is 12.2 Å². The summed E-state index contributed by atoms with van der Waals surface area (Å²) in [5.41, 5.74) is 0. The van der Waals surface area contributed by atoms with Gasteiger partial charge in [-0.2, -0.15) is 0 Å². The van der Waals surface area contributed by atoms with Gasteiger partial charge in [0.2, 0.25) is 5.91 Å². The van der Waals surface area contributed by atoms with Crippen molar-refractivity contribution in [1.82, 2.24) is 5.32 Å². The van der Waals surface area contributed by atoms with E-state index in [0.717, 1.165) is 12.4 Å². The van der Waals surface area contributed by atoms with Crippen molar-refractivity contribution < 1.29 is 19.1 Å². The lowest BCUT2D eigenvalue weighted by atomic mass is 10.2. The first-order chi connectivity index (χ1) is 6.64. The Labute approximate surface area is 83.1 Å². The molecule has 0 saturated heterocycles. The van der Waals surface area contributed by atoms with E-state index in [2.05, 4.69) is 11.9 Å². The largest absolute Gasteiger partial charge is 0.336 e. The molecule has 0 bridgehead atoms. The molecule has 1 N–H and O–H groups in total. The number of ether oxygens (including phenoxy) is 2. The van der Waals surface area contributed by atoms with Crippen molar-refractivity contribution in [3.8, 4) is 0 Å². The van der Waals surface area contributed by atoms with Crippen LogP contribution in [-0.4, -0.2) is 32.3 Å². The summed E-state index contributed by atoms with van der Waals surface area (Å²) in [4.78, 5) is 21.2. The molecule has 0 aromatic heterocycles. The van der Waals surface area contributed by atoms with Crippen molar-refractivity contribution in [1.29, 1.82) is 0 Å². The molecule has 0 atom stereocenters. The van der Waals surface area contributed by atoms with Crippen molar-refractivity contribution in [2.24, 2.45) is 0 Å². The Bertz CT molecular complexity index is 211. The highest BCUT2D eigenvalue weighted by molar-refractivity contribution is 5.87. The molecule has 5 nitrogen and oxygen atoms in total. The summed E-state index contributed by atoms with van der Waals surface area (Å²) < 4.78 is 10.0. The minimum Gasteiger partial charge on any atom is -0.336 e. The second kappa shape index (κ2) is 6.28. The number of carbonyl (C=O) groups is 2. The fraction of sp³-hybridized carbons (Fsp3) is 0.556. The zero-order valence-corrected chi connectivity index (χ0v) is 8.41. The monoisotopic (exact) mass is 201 g/mol. The number of hydrogen-bond donors (Lipinski definition) is 1. The van der Waals surface area contributed by atoms with Crippen LogP contribution < -0.4 is 5.32 Å². The van der Waals surface area contributed by atoms with Crippen molar-refractivity contribution in [2.45, 2.75) is 18.8 Å². The maximum Gasteiger partial charge on any atom is 0.251 e. The molecule has 0 aliphatic heterocycles. The minimum absolute atomic E-state index is 0.235. The summed E-state index contributed by atoms with van der Waals surface area (Å²) in [6, 6.07) is 0. The van der Waals surface area contributed by atoms with E-state index in [0.29, 0.717) is 0 Å². The molecule has 0 saturated carbocycles. The van der Waals surface area contributed by atoms with E-state index < -0.39 is 11.8 Å². The molecule has 80 valence electrons. The molecule has 5 heteroatoms. The first-order valence-electron chi connectivity index (χ1n) is 4.12. The minimum atomic E-state index is -1.24. The number of hydrogen-bond acceptors (Lipinski definition) is 4. The van der Waals surface area contributed by atoms with Crippen LogP contribution in [0.2, 0.25) is 0 Å². The molecular weight excluding hydrogens is 186 g/mol. The second-order valence-corrected chi connectivity index (χ2v) is 2.56. The quantitative estimate of drug-likeness (QED) is 0.363. The van der Waals surface area contributed by atoms with Gasteiger partial charge in [0.1, 0.15) is 6.29 Å². The van der Waals surface area contributed by atoms with Crippen LogP contribution in [0.5, 0.6) is 0 Å². The maximum absolute atomic E-state index is 11.0. The predicted octanol–water partition coefficient (Wildman–Crippen LogP) is 0.214. The molecule has 0 heterocycles. The number of nitrogens with one attached hydrogen (secondary N) is 1. The zero-order valence-electron chi connectivity index (χ0n) is 8.41. The second-order valence-electron chi connectivity index (χ2n) is 2.56. The number of aldehydes is 1. The molecule has 0 fully saturated rings. The summed E-state index contributed by atoms with van der Waals surface area (Å²) >= 11 is 0. The fourth-order valence-corrected chi connectivity index (χ4v) is 0.940. The van der Waals surface area contributed by atoms with Gasteiger partial charge in [-0.3, -0.25) is 4.79 Å². The summed E-state index contributed by atoms with van der Waals surface area (Å²) in [5.74, 6) is -1.66. The molecule has 0 aliphatic rings. The summed E-state index contributed by atoms with van der Waals surface area (Å²) in [5, 5.41) is 2.45. The van der Waals surface area contributed by atoms with Crippen molar-refractivity contribution in [3.63, 3.8) is 0 Å². The number of rotatable bonds is 7. The van der Waals surface area contributed by atoms with Gasteiger partial charge in [0, 0.05) is 27.1 Å². The summed E-state index contributed by atoms with van der Waals surface area (Å²) in [6.45, 7) is 3.30. The van der Waals surface area contributed by atoms with E-state index >= 15 is 0 Å². The first-order valence-corrected chi connectivity index (χ1v) is 4.12. The van der Waals surface area contributed by atoms with Crippen LogP contribution >= 0.6 is 0 Å². The van der Waals surface area contributed by atoms with Gasteiger partial charge >= 0.3 is 0 Å². The fourth-order valence-electron chi connectivity index (χ4n) is 0.940. The molecule has 0 aromatic carbocycles. The molecule has 0 aromatic rings. The number of methoxy groups -OCH3 is 2. The lowest BCUT2D eigenvalue weighted by Crippen LogP contribution is -2.51. The third-order valence-electron chi connectivity index (χ3n) is 1.75. The average Bonchev–Trinajstić information content (AvgIpc) is 2.24. The highest BCUT2D eigenvalue weighted by Crippen LogP contribution is 2.13. The van der Waals surface area contributed by atoms with Crippen LogP contribution in [0.15, 0.2) is 12.7 Å². The first kappa shape index (κ1) is 12.8. The van der Waals surface area contributed by atoms with E-state index in [1.165, 1.54) is 14.2 Å². The van der Waals surface area contributed by atoms with Gasteiger partial charge in [-0.15, -0.1) is 0 Å². The standard InChI is InChI=1S/C9H15NO4/c1-4-8(12)10-9(13-2,14-3)6-5-7-11/h4,7H,1,5-6H2,2-3H3,(H,10,12). The van der Waals surface area contributed by atoms with Crippen LogP contribution in [0, 0.1) is 0 Å². The highest BCUT2D eigenvalue weighted by Gasteiger charge is 2.30. The highest BCUT2D eigenvalue weighted by atomic mass is 16.7.